The van der Waals surface area contributed by atoms with Crippen LogP contribution in [-0.2, 0) is 17.5 Å². The van der Waals surface area contributed by atoms with Crippen molar-refractivity contribution in [3.05, 3.63) is 75.2 Å². The van der Waals surface area contributed by atoms with Crippen molar-refractivity contribution in [2.45, 2.75) is 44.4 Å². The number of rotatable bonds is 6. The van der Waals surface area contributed by atoms with E-state index in [1.807, 2.05) is 6.92 Å². The van der Waals surface area contributed by atoms with Gasteiger partial charge in [-0.2, -0.15) is 13.2 Å². The summed E-state index contributed by atoms with van der Waals surface area (Å²) in [6.45, 7) is 3.41. The molecule has 1 aliphatic heterocycles. The van der Waals surface area contributed by atoms with Crippen LogP contribution in [0.5, 0.6) is 0 Å². The number of nitrogens with one attached hydrogen (secondary N) is 1. The molecule has 180 valence electrons. The number of amides is 1. The number of nitrogens with two attached hydrogens (primary N) is 1. The third-order valence-corrected chi connectivity index (χ3v) is 7.06. The third-order valence-electron chi connectivity index (χ3n) is 6.05. The number of ether oxygens (including phenoxy) is 1. The largest absolute Gasteiger partial charge is 0.416 e. The Morgan fingerprint density at radius 3 is 2.56 bits per heavy atom. The Labute approximate surface area is 200 Å². The maximum absolute atomic E-state index is 13.2. The van der Waals surface area contributed by atoms with Gasteiger partial charge in [0.15, 0.2) is 0 Å². The molecule has 1 fully saturated rings. The van der Waals surface area contributed by atoms with E-state index in [4.69, 9.17) is 10.5 Å². The fourth-order valence-corrected chi connectivity index (χ4v) is 5.00. The van der Waals surface area contributed by atoms with Gasteiger partial charge in [0.1, 0.15) is 5.69 Å². The lowest BCUT2D eigenvalue weighted by molar-refractivity contribution is -0.137. The molecule has 1 aliphatic rings. The monoisotopic (exact) mass is 489 g/mol. The molecule has 1 amide bonds. The quantitative estimate of drug-likeness (QED) is 0.468. The maximum atomic E-state index is 13.2. The molecule has 0 spiro atoms. The Kier molecular flexibility index (Phi) is 7.35. The van der Waals surface area contributed by atoms with Gasteiger partial charge in [0.2, 0.25) is 0 Å². The predicted molar refractivity (Wildman–Crippen MR) is 126 cm³/mol. The van der Waals surface area contributed by atoms with Gasteiger partial charge < -0.3 is 15.8 Å². The lowest BCUT2D eigenvalue weighted by Gasteiger charge is -2.19. The minimum Gasteiger partial charge on any atom is -0.381 e. The Morgan fingerprint density at radius 1 is 1.21 bits per heavy atom. The Bertz CT molecular complexity index is 1140. The van der Waals surface area contributed by atoms with E-state index in [-0.39, 0.29) is 18.5 Å². The first-order chi connectivity index (χ1) is 16.3. The molecule has 9 heteroatoms. The Morgan fingerprint density at radius 2 is 1.91 bits per heavy atom. The van der Waals surface area contributed by atoms with Gasteiger partial charge in [0, 0.05) is 31.1 Å². The van der Waals surface area contributed by atoms with E-state index >= 15 is 0 Å². The Balaban J connectivity index is 1.46. The van der Waals surface area contributed by atoms with E-state index < -0.39 is 11.7 Å². The van der Waals surface area contributed by atoms with Crippen molar-refractivity contribution >= 4 is 17.2 Å². The Hall–Kier alpha value is -2.75. The fourth-order valence-electron chi connectivity index (χ4n) is 4.03. The number of aromatic nitrogens is 1. The van der Waals surface area contributed by atoms with E-state index in [9.17, 15) is 18.0 Å². The van der Waals surface area contributed by atoms with Gasteiger partial charge in [-0.25, -0.2) is 4.98 Å². The highest BCUT2D eigenvalue weighted by Gasteiger charge is 2.31. The number of alkyl halides is 3. The second-order valence-corrected chi connectivity index (χ2v) is 9.24. The van der Waals surface area contributed by atoms with Crippen LogP contribution in [0.2, 0.25) is 0 Å². The van der Waals surface area contributed by atoms with Crippen LogP contribution in [0.1, 0.15) is 63.9 Å². The molecule has 1 aromatic heterocycles. The van der Waals surface area contributed by atoms with E-state index in [2.05, 4.69) is 10.3 Å². The van der Waals surface area contributed by atoms with Crippen molar-refractivity contribution < 1.29 is 22.7 Å². The number of halogens is 3. The summed E-state index contributed by atoms with van der Waals surface area (Å²) in [5, 5.41) is 5.69. The zero-order valence-electron chi connectivity index (χ0n) is 18.7. The van der Waals surface area contributed by atoms with Crippen LogP contribution in [0.4, 0.5) is 13.2 Å². The average molecular weight is 490 g/mol. The third kappa shape index (κ3) is 5.48. The summed E-state index contributed by atoms with van der Waals surface area (Å²) in [4.78, 5) is 17.2. The summed E-state index contributed by atoms with van der Waals surface area (Å²) in [6, 6.07) is 10.4. The summed E-state index contributed by atoms with van der Waals surface area (Å²) < 4.78 is 44.9. The maximum Gasteiger partial charge on any atom is 0.416 e. The van der Waals surface area contributed by atoms with Crippen LogP contribution >= 0.6 is 11.3 Å². The predicted octanol–water partition coefficient (Wildman–Crippen LogP) is 5.67. The van der Waals surface area contributed by atoms with E-state index in [0.29, 0.717) is 41.5 Å². The van der Waals surface area contributed by atoms with Crippen LogP contribution < -0.4 is 11.1 Å². The highest BCUT2D eigenvalue weighted by atomic mass is 32.1. The van der Waals surface area contributed by atoms with Crippen LogP contribution in [0.3, 0.4) is 0 Å². The number of carbonyl (C=O) groups is 1. The summed E-state index contributed by atoms with van der Waals surface area (Å²) in [7, 11) is 0. The summed E-state index contributed by atoms with van der Waals surface area (Å²) in [5.74, 6) is 0.0777. The van der Waals surface area contributed by atoms with Gasteiger partial charge in [-0.05, 0) is 54.2 Å². The first-order valence-corrected chi connectivity index (χ1v) is 12.0. The molecule has 2 aromatic carbocycles. The number of nitrogens with zero attached hydrogens (tertiary/aromatic N) is 1. The summed E-state index contributed by atoms with van der Waals surface area (Å²) in [5.41, 5.74) is 7.97. The van der Waals surface area contributed by atoms with Gasteiger partial charge in [0.05, 0.1) is 16.6 Å². The van der Waals surface area contributed by atoms with Crippen LogP contribution in [-0.4, -0.2) is 24.1 Å². The molecule has 1 saturated heterocycles. The molecule has 34 heavy (non-hydrogen) atoms. The van der Waals surface area contributed by atoms with Gasteiger partial charge in [-0.15, -0.1) is 11.3 Å². The molecule has 4 rings (SSSR count). The molecule has 5 nitrogen and oxygen atoms in total. The summed E-state index contributed by atoms with van der Waals surface area (Å²) in [6.07, 6.45) is -2.61. The fraction of sp³-hybridized carbons (Fsp3) is 0.360. The SMILES string of the molecule is C[C@@H](NC(=O)c1csc(C2CCOCC2)n1)c1ccc(-c2cc(C(F)(F)F)ccc2CN)cc1. The van der Waals surface area contributed by atoms with Crippen LogP contribution in [0, 0.1) is 0 Å². The first kappa shape index (κ1) is 24.4. The highest BCUT2D eigenvalue weighted by molar-refractivity contribution is 7.09. The van der Waals surface area contributed by atoms with Crippen LogP contribution in [0.25, 0.3) is 11.1 Å². The molecule has 0 saturated carbocycles. The molecule has 3 N–H and O–H groups in total. The zero-order valence-corrected chi connectivity index (χ0v) is 19.5. The molecule has 2 heterocycles. The van der Waals surface area contributed by atoms with E-state index in [1.165, 1.54) is 17.4 Å². The van der Waals surface area contributed by atoms with Gasteiger partial charge in [0.25, 0.3) is 5.91 Å². The normalized spacial score (nSPS) is 15.8. The van der Waals surface area contributed by atoms with Crippen molar-refractivity contribution in [1.29, 1.82) is 0 Å². The highest BCUT2D eigenvalue weighted by Crippen LogP contribution is 2.34. The van der Waals surface area contributed by atoms with Gasteiger partial charge >= 0.3 is 6.18 Å². The van der Waals surface area contributed by atoms with Gasteiger partial charge in [-0.3, -0.25) is 4.79 Å². The number of carbonyl (C=O) groups excluding carboxylic acids is 1. The second kappa shape index (κ2) is 10.2. The molecule has 0 aliphatic carbocycles. The number of benzene rings is 2. The topological polar surface area (TPSA) is 77.2 Å². The van der Waals surface area contributed by atoms with Crippen molar-refractivity contribution in [3.8, 4) is 11.1 Å². The zero-order chi connectivity index (χ0) is 24.3. The van der Waals surface area contributed by atoms with Crippen molar-refractivity contribution in [2.75, 3.05) is 13.2 Å². The van der Waals surface area contributed by atoms with Crippen molar-refractivity contribution in [2.24, 2.45) is 5.73 Å². The van der Waals surface area contributed by atoms with E-state index in [0.717, 1.165) is 35.5 Å². The minimum absolute atomic E-state index is 0.130. The van der Waals surface area contributed by atoms with Crippen molar-refractivity contribution in [3.63, 3.8) is 0 Å². The second-order valence-electron chi connectivity index (χ2n) is 8.35. The van der Waals surface area contributed by atoms with E-state index in [1.54, 1.807) is 29.6 Å². The molecular formula is C25H26F3N3O2S. The lowest BCUT2D eigenvalue weighted by atomic mass is 9.95. The molecule has 0 bridgehead atoms. The molecular weight excluding hydrogens is 463 g/mol. The van der Waals surface area contributed by atoms with Crippen molar-refractivity contribution in [1.82, 2.24) is 10.3 Å². The van der Waals surface area contributed by atoms with Crippen LogP contribution in [0.15, 0.2) is 47.8 Å². The first-order valence-electron chi connectivity index (χ1n) is 11.1. The average Bonchev–Trinajstić information content (AvgIpc) is 3.34. The number of hydrogen-bond donors (Lipinski definition) is 2. The minimum atomic E-state index is -4.43. The molecule has 0 radical (unpaired) electrons. The standard InChI is InChI=1S/C25H26F3N3O2S/c1-15(30-23(32)22-14-34-24(31-22)18-8-10-33-11-9-18)16-2-4-17(5-3-16)21-12-20(25(26,27)28)7-6-19(21)13-29/h2-7,12,14-15,18H,8-11,13,29H2,1H3,(H,30,32)/t15-/m1/s1. The number of thiazole rings is 1. The van der Waals surface area contributed by atoms with Gasteiger partial charge in [-0.1, -0.05) is 30.3 Å². The molecule has 3 aromatic rings. The lowest BCUT2D eigenvalue weighted by Crippen LogP contribution is -2.27. The summed E-state index contributed by atoms with van der Waals surface area (Å²) >= 11 is 1.50. The molecule has 1 atom stereocenters. The smallest absolute Gasteiger partial charge is 0.381 e. The molecule has 0 unspecified atom stereocenters. The number of hydrogen-bond acceptors (Lipinski definition) is 5.